The number of benzene rings is 2. The molecule has 4 rings (SSSR count). The van der Waals surface area contributed by atoms with Gasteiger partial charge in [-0.2, -0.15) is 0 Å². The maximum absolute atomic E-state index is 13.9. The lowest BCUT2D eigenvalue weighted by atomic mass is 9.85. The van der Waals surface area contributed by atoms with E-state index in [1.807, 2.05) is 0 Å². The Morgan fingerprint density at radius 3 is 1.34 bits per heavy atom. The SMILES string of the molecule is NC1=N[C@@](c2cc(N)ccc2F)(C(F)F)[C@@H](F)CO1.NC1=N[C@@](c2cc(N)ccc2F)(C(F)F)[C@H](F)CO1. The zero-order chi connectivity index (χ0) is 28.4. The molecule has 16 heteroatoms. The summed E-state index contributed by atoms with van der Waals surface area (Å²) in [4.78, 5) is 6.64. The van der Waals surface area contributed by atoms with E-state index in [-0.39, 0.29) is 11.4 Å². The van der Waals surface area contributed by atoms with E-state index in [0.717, 1.165) is 24.3 Å². The van der Waals surface area contributed by atoms with Crippen molar-refractivity contribution in [3.8, 4) is 0 Å². The molecular weight excluding hydrogens is 532 g/mol. The zero-order valence-corrected chi connectivity index (χ0v) is 19.2. The van der Waals surface area contributed by atoms with Crippen LogP contribution in [0.1, 0.15) is 11.1 Å². The molecule has 0 radical (unpaired) electrons. The van der Waals surface area contributed by atoms with Crippen LogP contribution in [0.4, 0.5) is 46.5 Å². The Morgan fingerprint density at radius 2 is 1.03 bits per heavy atom. The van der Waals surface area contributed by atoms with Gasteiger partial charge in [0.05, 0.1) is 0 Å². The molecular formula is C22H22F8N6O2. The van der Waals surface area contributed by atoms with Gasteiger partial charge in [-0.25, -0.2) is 45.1 Å². The molecule has 4 atom stereocenters. The molecule has 2 aromatic rings. The number of alkyl halides is 6. The minimum absolute atomic E-state index is 0.0175. The minimum Gasteiger partial charge on any atom is -0.462 e. The standard InChI is InChI=1S/2C11H11F4N3O/c2*12-7-2-1-5(16)3-6(7)11(9(14)15)8(13)4-19-10(17)18-11/h2*1-3,8-9H,4,16H2,(H2,17,18)/t8-,11+;8-,11-/m01/s1. The van der Waals surface area contributed by atoms with Gasteiger partial charge in [-0.05, 0) is 36.4 Å². The molecule has 2 aliphatic rings. The molecule has 208 valence electrons. The van der Waals surface area contributed by atoms with Crippen LogP contribution in [0.2, 0.25) is 0 Å². The molecule has 0 spiro atoms. The molecule has 0 fully saturated rings. The fourth-order valence-corrected chi connectivity index (χ4v) is 3.90. The summed E-state index contributed by atoms with van der Waals surface area (Å²) >= 11 is 0. The highest BCUT2D eigenvalue weighted by atomic mass is 19.3. The van der Waals surface area contributed by atoms with Gasteiger partial charge in [0.15, 0.2) is 23.4 Å². The van der Waals surface area contributed by atoms with Crippen LogP contribution in [0.3, 0.4) is 0 Å². The van der Waals surface area contributed by atoms with Gasteiger partial charge in [-0.3, -0.25) is 0 Å². The van der Waals surface area contributed by atoms with Crippen LogP contribution in [-0.4, -0.2) is 50.5 Å². The average molecular weight is 554 g/mol. The van der Waals surface area contributed by atoms with Crippen molar-refractivity contribution in [3.63, 3.8) is 0 Å². The zero-order valence-electron chi connectivity index (χ0n) is 19.2. The van der Waals surface area contributed by atoms with E-state index in [0.29, 0.717) is 0 Å². The molecule has 38 heavy (non-hydrogen) atoms. The van der Waals surface area contributed by atoms with Crippen molar-refractivity contribution in [2.45, 2.75) is 36.3 Å². The maximum Gasteiger partial charge on any atom is 0.283 e. The number of hydrogen-bond acceptors (Lipinski definition) is 8. The summed E-state index contributed by atoms with van der Waals surface area (Å²) in [6, 6.07) is 4.74. The number of halogens is 8. The van der Waals surface area contributed by atoms with Crippen molar-refractivity contribution in [2.75, 3.05) is 24.7 Å². The van der Waals surface area contributed by atoms with Crippen LogP contribution in [0, 0.1) is 11.6 Å². The van der Waals surface area contributed by atoms with E-state index < -0.39 is 84.3 Å². The lowest BCUT2D eigenvalue weighted by molar-refractivity contribution is -0.0303. The maximum atomic E-state index is 13.9. The molecule has 2 heterocycles. The average Bonchev–Trinajstić information content (AvgIpc) is 2.85. The van der Waals surface area contributed by atoms with E-state index in [4.69, 9.17) is 22.9 Å². The van der Waals surface area contributed by atoms with E-state index in [9.17, 15) is 35.1 Å². The van der Waals surface area contributed by atoms with Gasteiger partial charge in [-0.1, -0.05) is 0 Å². The van der Waals surface area contributed by atoms with E-state index in [1.165, 1.54) is 12.1 Å². The Labute approximate surface area is 210 Å². The van der Waals surface area contributed by atoms with Gasteiger partial charge in [0.1, 0.15) is 24.8 Å². The third-order valence-electron chi connectivity index (χ3n) is 5.81. The number of aliphatic imine (C=N–C) groups is 2. The molecule has 0 aliphatic carbocycles. The lowest BCUT2D eigenvalue weighted by Gasteiger charge is -2.35. The Morgan fingerprint density at radius 1 is 0.684 bits per heavy atom. The molecule has 8 N–H and O–H groups in total. The van der Waals surface area contributed by atoms with Crippen LogP contribution in [0.5, 0.6) is 0 Å². The number of ether oxygens (including phenoxy) is 2. The summed E-state index contributed by atoms with van der Waals surface area (Å²) in [6.45, 7) is -1.46. The number of anilines is 2. The monoisotopic (exact) mass is 554 g/mol. The highest BCUT2D eigenvalue weighted by molar-refractivity contribution is 5.74. The highest BCUT2D eigenvalue weighted by Crippen LogP contribution is 2.43. The molecule has 2 aromatic carbocycles. The second-order valence-electron chi connectivity index (χ2n) is 8.19. The van der Waals surface area contributed by atoms with E-state index in [1.54, 1.807) is 0 Å². The first-order chi connectivity index (χ1) is 17.7. The predicted octanol–water partition coefficient (Wildman–Crippen LogP) is 3.10. The second-order valence-corrected chi connectivity index (χ2v) is 8.19. The number of rotatable bonds is 4. The molecule has 2 aliphatic heterocycles. The van der Waals surface area contributed by atoms with Gasteiger partial charge in [0.25, 0.3) is 24.9 Å². The summed E-state index contributed by atoms with van der Waals surface area (Å²) in [7, 11) is 0. The third-order valence-corrected chi connectivity index (χ3v) is 5.81. The molecule has 0 amide bonds. The Balaban J connectivity index is 0.000000211. The number of nitrogens with zero attached hydrogens (tertiary/aromatic N) is 2. The van der Waals surface area contributed by atoms with Crippen molar-refractivity contribution < 1.29 is 44.6 Å². The summed E-state index contributed by atoms with van der Waals surface area (Å²) in [5.41, 5.74) is 14.6. The second kappa shape index (κ2) is 10.8. The fourth-order valence-electron chi connectivity index (χ4n) is 3.90. The number of nitrogens with two attached hydrogens (primary N) is 4. The first-order valence-corrected chi connectivity index (χ1v) is 10.7. The van der Waals surface area contributed by atoms with Crippen LogP contribution < -0.4 is 22.9 Å². The fraction of sp³-hybridized carbons (Fsp3) is 0.364. The Kier molecular flexibility index (Phi) is 8.12. The van der Waals surface area contributed by atoms with Crippen molar-refractivity contribution in [1.82, 2.24) is 0 Å². The van der Waals surface area contributed by atoms with Crippen molar-refractivity contribution in [3.05, 3.63) is 59.2 Å². The molecule has 0 saturated heterocycles. The normalized spacial score (nSPS) is 27.0. The lowest BCUT2D eigenvalue weighted by Crippen LogP contribution is -2.50. The van der Waals surface area contributed by atoms with E-state index in [2.05, 4.69) is 19.5 Å². The molecule has 0 bridgehead atoms. The summed E-state index contributed by atoms with van der Waals surface area (Å²) in [5.74, 6) is -2.06. The topological polar surface area (TPSA) is 147 Å². The van der Waals surface area contributed by atoms with Gasteiger partial charge in [-0.15, -0.1) is 0 Å². The van der Waals surface area contributed by atoms with Crippen molar-refractivity contribution in [1.29, 1.82) is 0 Å². The van der Waals surface area contributed by atoms with E-state index >= 15 is 0 Å². The summed E-state index contributed by atoms with van der Waals surface area (Å²) < 4.78 is 118. The first-order valence-electron chi connectivity index (χ1n) is 10.7. The van der Waals surface area contributed by atoms with Crippen LogP contribution in [0.25, 0.3) is 0 Å². The molecule has 8 nitrogen and oxygen atoms in total. The van der Waals surface area contributed by atoms with Crippen molar-refractivity contribution in [2.24, 2.45) is 21.5 Å². The summed E-state index contributed by atoms with van der Waals surface area (Å²) in [6.07, 6.45) is -11.1. The number of amidine groups is 2. The summed E-state index contributed by atoms with van der Waals surface area (Å²) in [5, 5.41) is 0. The molecule has 0 aromatic heterocycles. The highest BCUT2D eigenvalue weighted by Gasteiger charge is 2.55. The van der Waals surface area contributed by atoms with Crippen LogP contribution in [0.15, 0.2) is 46.4 Å². The number of nitrogen functional groups attached to an aromatic ring is 2. The quantitative estimate of drug-likeness (QED) is 0.337. The molecule has 0 unspecified atom stereocenters. The van der Waals surface area contributed by atoms with Gasteiger partial charge >= 0.3 is 0 Å². The minimum atomic E-state index is -3.30. The first kappa shape index (κ1) is 28.6. The smallest absolute Gasteiger partial charge is 0.283 e. The largest absolute Gasteiger partial charge is 0.462 e. The van der Waals surface area contributed by atoms with Gasteiger partial charge in [0.2, 0.25) is 0 Å². The van der Waals surface area contributed by atoms with Crippen LogP contribution >= 0.6 is 0 Å². The number of hydrogen-bond donors (Lipinski definition) is 4. The Bertz CT molecular complexity index is 1140. The van der Waals surface area contributed by atoms with Gasteiger partial charge in [0, 0.05) is 22.5 Å². The van der Waals surface area contributed by atoms with Crippen LogP contribution in [-0.2, 0) is 20.6 Å². The third kappa shape index (κ3) is 5.06. The Hall–Kier alpha value is -3.98. The predicted molar refractivity (Wildman–Crippen MR) is 122 cm³/mol. The van der Waals surface area contributed by atoms with Gasteiger partial charge < -0.3 is 32.4 Å². The molecule has 0 saturated carbocycles. The van der Waals surface area contributed by atoms with Crippen molar-refractivity contribution >= 4 is 23.4 Å².